The summed E-state index contributed by atoms with van der Waals surface area (Å²) in [6.45, 7) is 3.63. The van der Waals surface area contributed by atoms with Gasteiger partial charge < -0.3 is 14.6 Å². The molecule has 1 N–H and O–H groups in total. The fraction of sp³-hybridized carbons (Fsp3) is 0.300. The summed E-state index contributed by atoms with van der Waals surface area (Å²) < 4.78 is 10.6. The molecule has 0 saturated heterocycles. The third-order valence-electron chi connectivity index (χ3n) is 3.93. The van der Waals surface area contributed by atoms with Gasteiger partial charge in [0.25, 0.3) is 0 Å². The van der Waals surface area contributed by atoms with Crippen LogP contribution in [0.15, 0.2) is 54.6 Å². The molecular weight excluding hydrogens is 320 g/mol. The van der Waals surface area contributed by atoms with Gasteiger partial charge in [-0.2, -0.15) is 0 Å². The standard InChI is InChI=1S/C20H22O5/c1-3-24-19(23)20(2,18(21)22)13-15-9-11-17(12-10-15)25-14-16-7-5-4-6-8-16/h4-12H,3,13-14H2,1-2H3,(H,21,22)/t20-/m1/s1. The lowest BCUT2D eigenvalue weighted by Gasteiger charge is -2.22. The van der Waals surface area contributed by atoms with Gasteiger partial charge in [0.2, 0.25) is 0 Å². The normalized spacial score (nSPS) is 12.9. The largest absolute Gasteiger partial charge is 0.489 e. The number of rotatable bonds is 8. The van der Waals surface area contributed by atoms with E-state index < -0.39 is 17.4 Å². The molecule has 0 radical (unpaired) electrons. The van der Waals surface area contributed by atoms with Crippen LogP contribution >= 0.6 is 0 Å². The van der Waals surface area contributed by atoms with Crippen molar-refractivity contribution in [3.8, 4) is 5.75 Å². The number of benzene rings is 2. The minimum atomic E-state index is -1.61. The maximum Gasteiger partial charge on any atom is 0.323 e. The van der Waals surface area contributed by atoms with Crippen LogP contribution in [-0.2, 0) is 27.4 Å². The number of hydrogen-bond acceptors (Lipinski definition) is 4. The van der Waals surface area contributed by atoms with Gasteiger partial charge in [-0.3, -0.25) is 9.59 Å². The molecule has 0 aliphatic heterocycles. The molecule has 2 aromatic rings. The van der Waals surface area contributed by atoms with Crippen LogP contribution in [0.4, 0.5) is 0 Å². The number of carbonyl (C=O) groups is 2. The first kappa shape index (κ1) is 18.5. The zero-order valence-electron chi connectivity index (χ0n) is 14.4. The predicted molar refractivity (Wildman–Crippen MR) is 93.3 cm³/mol. The highest BCUT2D eigenvalue weighted by Gasteiger charge is 2.43. The van der Waals surface area contributed by atoms with Crippen molar-refractivity contribution < 1.29 is 24.2 Å². The Balaban J connectivity index is 2.03. The topological polar surface area (TPSA) is 72.8 Å². The summed E-state index contributed by atoms with van der Waals surface area (Å²) in [5.41, 5.74) is 0.181. The third kappa shape index (κ3) is 4.83. The molecule has 1 atom stereocenters. The number of carbonyl (C=O) groups excluding carboxylic acids is 1. The van der Waals surface area contributed by atoms with Crippen molar-refractivity contribution in [2.24, 2.45) is 5.41 Å². The quantitative estimate of drug-likeness (QED) is 0.587. The molecule has 0 heterocycles. The number of carboxylic acid groups (broad SMARTS) is 1. The fourth-order valence-electron chi connectivity index (χ4n) is 2.38. The Hall–Kier alpha value is -2.82. The van der Waals surface area contributed by atoms with E-state index in [9.17, 15) is 14.7 Å². The van der Waals surface area contributed by atoms with Crippen molar-refractivity contribution in [2.45, 2.75) is 26.9 Å². The van der Waals surface area contributed by atoms with Crippen LogP contribution < -0.4 is 4.74 Å². The molecule has 0 bridgehead atoms. The Morgan fingerprint density at radius 3 is 2.20 bits per heavy atom. The maximum absolute atomic E-state index is 12.0. The van der Waals surface area contributed by atoms with Crippen LogP contribution in [0.3, 0.4) is 0 Å². The predicted octanol–water partition coefficient (Wildman–Crippen LogP) is 3.46. The minimum Gasteiger partial charge on any atom is -0.489 e. The molecule has 25 heavy (non-hydrogen) atoms. The van der Waals surface area contributed by atoms with Crippen LogP contribution in [-0.4, -0.2) is 23.7 Å². The monoisotopic (exact) mass is 342 g/mol. The van der Waals surface area contributed by atoms with Crippen molar-refractivity contribution in [3.63, 3.8) is 0 Å². The SMILES string of the molecule is CCOC(=O)[C@](C)(Cc1ccc(OCc2ccccc2)cc1)C(=O)O. The van der Waals surface area contributed by atoms with Gasteiger partial charge in [-0.05, 0) is 43.5 Å². The van der Waals surface area contributed by atoms with Crippen molar-refractivity contribution >= 4 is 11.9 Å². The Kier molecular flexibility index (Phi) is 6.17. The Morgan fingerprint density at radius 1 is 1.00 bits per heavy atom. The summed E-state index contributed by atoms with van der Waals surface area (Å²) in [4.78, 5) is 23.6. The lowest BCUT2D eigenvalue weighted by atomic mass is 9.83. The molecule has 2 rings (SSSR count). The van der Waals surface area contributed by atoms with Crippen LogP contribution in [0.25, 0.3) is 0 Å². The molecule has 0 amide bonds. The fourth-order valence-corrected chi connectivity index (χ4v) is 2.38. The van der Waals surface area contributed by atoms with E-state index in [1.807, 2.05) is 30.3 Å². The molecule has 0 saturated carbocycles. The molecule has 5 heteroatoms. The number of aliphatic carboxylic acids is 1. The van der Waals surface area contributed by atoms with Crippen LogP contribution in [0.2, 0.25) is 0 Å². The molecule has 0 aliphatic rings. The van der Waals surface area contributed by atoms with E-state index in [1.54, 1.807) is 31.2 Å². The minimum absolute atomic E-state index is 0.0557. The van der Waals surface area contributed by atoms with Gasteiger partial charge in [0.15, 0.2) is 5.41 Å². The lowest BCUT2D eigenvalue weighted by Crippen LogP contribution is -2.39. The van der Waals surface area contributed by atoms with Crippen molar-refractivity contribution in [1.29, 1.82) is 0 Å². The zero-order chi connectivity index (χ0) is 18.3. The maximum atomic E-state index is 12.0. The van der Waals surface area contributed by atoms with Gasteiger partial charge in [0, 0.05) is 0 Å². The van der Waals surface area contributed by atoms with E-state index >= 15 is 0 Å². The van der Waals surface area contributed by atoms with Gasteiger partial charge in [0.05, 0.1) is 6.61 Å². The van der Waals surface area contributed by atoms with E-state index in [4.69, 9.17) is 9.47 Å². The van der Waals surface area contributed by atoms with Crippen LogP contribution in [0.5, 0.6) is 5.75 Å². The smallest absolute Gasteiger partial charge is 0.323 e. The second-order valence-corrected chi connectivity index (χ2v) is 5.95. The van der Waals surface area contributed by atoms with Crippen molar-refractivity contribution in [2.75, 3.05) is 6.61 Å². The highest BCUT2D eigenvalue weighted by Crippen LogP contribution is 2.26. The zero-order valence-corrected chi connectivity index (χ0v) is 14.4. The first-order chi connectivity index (χ1) is 12.0. The van der Waals surface area contributed by atoms with Crippen molar-refractivity contribution in [3.05, 3.63) is 65.7 Å². The molecule has 0 spiro atoms. The Labute approximate surface area is 147 Å². The number of esters is 1. The van der Waals surface area contributed by atoms with Gasteiger partial charge in [0.1, 0.15) is 12.4 Å². The van der Waals surface area contributed by atoms with E-state index in [1.165, 1.54) is 6.92 Å². The van der Waals surface area contributed by atoms with E-state index in [2.05, 4.69) is 0 Å². The molecule has 0 fully saturated rings. The number of hydrogen-bond donors (Lipinski definition) is 1. The summed E-state index contributed by atoms with van der Waals surface area (Å²) in [5.74, 6) is -1.25. The molecular formula is C20H22O5. The second-order valence-electron chi connectivity index (χ2n) is 5.95. The van der Waals surface area contributed by atoms with E-state index in [0.717, 1.165) is 11.1 Å². The van der Waals surface area contributed by atoms with Crippen LogP contribution in [0.1, 0.15) is 25.0 Å². The van der Waals surface area contributed by atoms with E-state index in [0.29, 0.717) is 12.4 Å². The molecule has 132 valence electrons. The Morgan fingerprint density at radius 2 is 1.64 bits per heavy atom. The molecule has 0 unspecified atom stereocenters. The first-order valence-electron chi connectivity index (χ1n) is 8.12. The molecule has 5 nitrogen and oxygen atoms in total. The summed E-state index contributed by atoms with van der Waals surface area (Å²) >= 11 is 0. The van der Waals surface area contributed by atoms with Gasteiger partial charge >= 0.3 is 11.9 Å². The summed E-state index contributed by atoms with van der Waals surface area (Å²) in [6.07, 6.45) is 0.0557. The summed E-state index contributed by atoms with van der Waals surface area (Å²) in [7, 11) is 0. The highest BCUT2D eigenvalue weighted by atomic mass is 16.5. The van der Waals surface area contributed by atoms with E-state index in [-0.39, 0.29) is 13.0 Å². The molecule has 2 aromatic carbocycles. The summed E-state index contributed by atoms with van der Waals surface area (Å²) in [5, 5.41) is 9.43. The average Bonchev–Trinajstić information content (AvgIpc) is 2.62. The first-order valence-corrected chi connectivity index (χ1v) is 8.12. The average molecular weight is 342 g/mol. The van der Waals surface area contributed by atoms with Gasteiger partial charge in [-0.25, -0.2) is 0 Å². The second kappa shape index (κ2) is 8.33. The van der Waals surface area contributed by atoms with Crippen LogP contribution in [0, 0.1) is 5.41 Å². The van der Waals surface area contributed by atoms with Gasteiger partial charge in [-0.1, -0.05) is 42.5 Å². The lowest BCUT2D eigenvalue weighted by molar-refractivity contribution is -0.167. The summed E-state index contributed by atoms with van der Waals surface area (Å²) in [6, 6.07) is 16.9. The molecule has 0 aromatic heterocycles. The number of ether oxygens (including phenoxy) is 2. The van der Waals surface area contributed by atoms with Gasteiger partial charge in [-0.15, -0.1) is 0 Å². The molecule has 0 aliphatic carbocycles. The highest BCUT2D eigenvalue weighted by molar-refractivity contribution is 5.99. The van der Waals surface area contributed by atoms with Crippen molar-refractivity contribution in [1.82, 2.24) is 0 Å². The number of carboxylic acids is 1. The Bertz CT molecular complexity index is 709. The third-order valence-corrected chi connectivity index (χ3v) is 3.93.